The van der Waals surface area contributed by atoms with Crippen LogP contribution in [0.5, 0.6) is 11.6 Å². The number of nitrogens with two attached hydrogens (primary N) is 1. The highest BCUT2D eigenvalue weighted by Gasteiger charge is 2.16. The zero-order valence-electron chi connectivity index (χ0n) is 12.2. The Morgan fingerprint density at radius 2 is 2.05 bits per heavy atom. The smallest absolute Gasteiger partial charge is 0.224 e. The van der Waals surface area contributed by atoms with Gasteiger partial charge in [0.25, 0.3) is 0 Å². The number of halogens is 1. The van der Waals surface area contributed by atoms with Crippen molar-refractivity contribution in [2.24, 2.45) is 5.73 Å². The SMILES string of the molecule is Cc1ccc(Oc2nc3c(cc2CN)CCCC3)c(Br)c1. The van der Waals surface area contributed by atoms with E-state index in [1.807, 2.05) is 18.2 Å². The molecule has 1 aliphatic rings. The van der Waals surface area contributed by atoms with Crippen LogP contribution in [-0.4, -0.2) is 4.98 Å². The number of hydrogen-bond donors (Lipinski definition) is 1. The van der Waals surface area contributed by atoms with Crippen molar-refractivity contribution in [1.29, 1.82) is 0 Å². The number of ether oxygens (including phenoxy) is 1. The normalized spacial score (nSPS) is 13.9. The second kappa shape index (κ2) is 6.16. The summed E-state index contributed by atoms with van der Waals surface area (Å²) >= 11 is 3.54. The summed E-state index contributed by atoms with van der Waals surface area (Å²) in [6.07, 6.45) is 4.58. The highest BCUT2D eigenvalue weighted by atomic mass is 79.9. The standard InChI is InChI=1S/C17H19BrN2O/c1-11-6-7-16(14(18)8-11)21-17-13(10-19)9-12-4-2-3-5-15(12)20-17/h6-9H,2-5,10,19H2,1H3. The Hall–Kier alpha value is -1.39. The Labute approximate surface area is 133 Å². The van der Waals surface area contributed by atoms with E-state index in [4.69, 9.17) is 15.5 Å². The molecule has 110 valence electrons. The number of aryl methyl sites for hydroxylation is 3. The molecule has 0 atom stereocenters. The molecule has 0 radical (unpaired) electrons. The minimum Gasteiger partial charge on any atom is -0.437 e. The molecule has 0 amide bonds. The van der Waals surface area contributed by atoms with Crippen LogP contribution in [0.4, 0.5) is 0 Å². The first-order chi connectivity index (χ1) is 10.2. The van der Waals surface area contributed by atoms with Gasteiger partial charge in [0, 0.05) is 17.8 Å². The highest BCUT2D eigenvalue weighted by Crippen LogP contribution is 2.33. The summed E-state index contributed by atoms with van der Waals surface area (Å²) in [4.78, 5) is 4.72. The van der Waals surface area contributed by atoms with Crippen molar-refractivity contribution in [1.82, 2.24) is 4.98 Å². The number of pyridine rings is 1. The van der Waals surface area contributed by atoms with Crippen molar-refractivity contribution < 1.29 is 4.74 Å². The summed E-state index contributed by atoms with van der Waals surface area (Å²) in [5.74, 6) is 1.42. The highest BCUT2D eigenvalue weighted by molar-refractivity contribution is 9.10. The summed E-state index contributed by atoms with van der Waals surface area (Å²) in [6, 6.07) is 8.19. The van der Waals surface area contributed by atoms with Crippen LogP contribution in [0, 0.1) is 6.92 Å². The van der Waals surface area contributed by atoms with Crippen LogP contribution in [0.3, 0.4) is 0 Å². The van der Waals surface area contributed by atoms with Crippen molar-refractivity contribution in [3.8, 4) is 11.6 Å². The fraction of sp³-hybridized carbons (Fsp3) is 0.353. The third kappa shape index (κ3) is 3.11. The van der Waals surface area contributed by atoms with Crippen LogP contribution in [-0.2, 0) is 19.4 Å². The van der Waals surface area contributed by atoms with Crippen molar-refractivity contribution >= 4 is 15.9 Å². The minimum absolute atomic E-state index is 0.444. The lowest BCUT2D eigenvalue weighted by molar-refractivity contribution is 0.448. The summed E-state index contributed by atoms with van der Waals surface area (Å²) in [5.41, 5.74) is 10.5. The largest absolute Gasteiger partial charge is 0.437 e. The molecule has 3 rings (SSSR count). The molecule has 21 heavy (non-hydrogen) atoms. The first-order valence-corrected chi connectivity index (χ1v) is 8.12. The number of benzene rings is 1. The van der Waals surface area contributed by atoms with Gasteiger partial charge in [0.05, 0.1) is 4.47 Å². The second-order valence-corrected chi connectivity index (χ2v) is 6.36. The topological polar surface area (TPSA) is 48.1 Å². The summed E-state index contributed by atoms with van der Waals surface area (Å²) < 4.78 is 6.95. The fourth-order valence-electron chi connectivity index (χ4n) is 2.69. The predicted octanol–water partition coefficient (Wildman–Crippen LogP) is 4.28. The van der Waals surface area contributed by atoms with Crippen LogP contribution >= 0.6 is 15.9 Å². The van der Waals surface area contributed by atoms with E-state index in [-0.39, 0.29) is 0 Å². The molecule has 0 bridgehead atoms. The third-order valence-corrected chi connectivity index (χ3v) is 4.47. The maximum absolute atomic E-state index is 6.01. The van der Waals surface area contributed by atoms with Crippen molar-refractivity contribution in [3.05, 3.63) is 51.1 Å². The molecule has 2 aromatic rings. The lowest BCUT2D eigenvalue weighted by Crippen LogP contribution is -2.10. The Bertz CT molecular complexity index is 670. The Morgan fingerprint density at radius 3 is 2.81 bits per heavy atom. The molecule has 1 aromatic carbocycles. The summed E-state index contributed by atoms with van der Waals surface area (Å²) in [7, 11) is 0. The number of rotatable bonds is 3. The zero-order valence-corrected chi connectivity index (χ0v) is 13.7. The summed E-state index contributed by atoms with van der Waals surface area (Å²) in [5, 5.41) is 0. The van der Waals surface area contributed by atoms with Gasteiger partial charge in [0.15, 0.2) is 0 Å². The van der Waals surface area contributed by atoms with Gasteiger partial charge in [0.1, 0.15) is 5.75 Å². The molecule has 1 aromatic heterocycles. The molecule has 0 unspecified atom stereocenters. The average Bonchev–Trinajstić information content (AvgIpc) is 2.49. The molecular weight excluding hydrogens is 328 g/mol. The van der Waals surface area contributed by atoms with E-state index in [9.17, 15) is 0 Å². The molecule has 0 spiro atoms. The number of fused-ring (bicyclic) bond motifs is 1. The van der Waals surface area contributed by atoms with E-state index in [0.29, 0.717) is 12.4 Å². The van der Waals surface area contributed by atoms with Gasteiger partial charge >= 0.3 is 0 Å². The summed E-state index contributed by atoms with van der Waals surface area (Å²) in [6.45, 7) is 2.50. The second-order valence-electron chi connectivity index (χ2n) is 5.51. The van der Waals surface area contributed by atoms with Crippen LogP contribution in [0.2, 0.25) is 0 Å². The number of hydrogen-bond acceptors (Lipinski definition) is 3. The first-order valence-electron chi connectivity index (χ1n) is 7.33. The van der Waals surface area contributed by atoms with E-state index >= 15 is 0 Å². The van der Waals surface area contributed by atoms with Crippen molar-refractivity contribution in [3.63, 3.8) is 0 Å². The number of nitrogens with zero attached hydrogens (tertiary/aromatic N) is 1. The van der Waals surface area contributed by atoms with Crippen LogP contribution in [0.1, 0.15) is 35.2 Å². The molecular formula is C17H19BrN2O. The molecule has 4 heteroatoms. The Kier molecular flexibility index (Phi) is 4.27. The van der Waals surface area contributed by atoms with Crippen LogP contribution in [0.15, 0.2) is 28.7 Å². The third-order valence-electron chi connectivity index (χ3n) is 3.85. The minimum atomic E-state index is 0.444. The van der Waals surface area contributed by atoms with Gasteiger partial charge in [-0.25, -0.2) is 4.98 Å². The molecule has 1 heterocycles. The van der Waals surface area contributed by atoms with Crippen LogP contribution < -0.4 is 10.5 Å². The van der Waals surface area contributed by atoms with Gasteiger partial charge in [-0.1, -0.05) is 6.07 Å². The zero-order chi connectivity index (χ0) is 14.8. The van der Waals surface area contributed by atoms with Gasteiger partial charge in [-0.15, -0.1) is 0 Å². The molecule has 0 aliphatic heterocycles. The Morgan fingerprint density at radius 1 is 1.24 bits per heavy atom. The Balaban J connectivity index is 1.97. The number of aromatic nitrogens is 1. The van der Waals surface area contributed by atoms with Gasteiger partial charge in [-0.2, -0.15) is 0 Å². The quantitative estimate of drug-likeness (QED) is 0.901. The molecule has 3 nitrogen and oxygen atoms in total. The molecule has 0 fully saturated rings. The first kappa shape index (κ1) is 14.5. The van der Waals surface area contributed by atoms with E-state index < -0.39 is 0 Å². The molecule has 0 saturated carbocycles. The van der Waals surface area contributed by atoms with Crippen molar-refractivity contribution in [2.45, 2.75) is 39.2 Å². The van der Waals surface area contributed by atoms with E-state index in [2.05, 4.69) is 28.9 Å². The molecule has 2 N–H and O–H groups in total. The van der Waals surface area contributed by atoms with E-state index in [1.165, 1.54) is 24.0 Å². The van der Waals surface area contributed by atoms with Crippen LogP contribution in [0.25, 0.3) is 0 Å². The van der Waals surface area contributed by atoms with Crippen molar-refractivity contribution in [2.75, 3.05) is 0 Å². The van der Waals surface area contributed by atoms with E-state index in [0.717, 1.165) is 34.3 Å². The maximum Gasteiger partial charge on any atom is 0.224 e. The van der Waals surface area contributed by atoms with Gasteiger partial charge in [0.2, 0.25) is 5.88 Å². The van der Waals surface area contributed by atoms with Gasteiger partial charge < -0.3 is 10.5 Å². The molecule has 0 saturated heterocycles. The molecule has 1 aliphatic carbocycles. The maximum atomic E-state index is 6.01. The monoisotopic (exact) mass is 346 g/mol. The van der Waals surface area contributed by atoms with Gasteiger partial charge in [-0.05, 0) is 77.9 Å². The van der Waals surface area contributed by atoms with E-state index in [1.54, 1.807) is 0 Å². The van der Waals surface area contributed by atoms with Gasteiger partial charge in [-0.3, -0.25) is 0 Å². The lowest BCUT2D eigenvalue weighted by Gasteiger charge is -2.18. The fourth-order valence-corrected chi connectivity index (χ4v) is 3.26. The predicted molar refractivity (Wildman–Crippen MR) is 87.7 cm³/mol. The average molecular weight is 347 g/mol. The lowest BCUT2D eigenvalue weighted by atomic mass is 9.95.